The number of hydrogen-bond acceptors (Lipinski definition) is 9. The van der Waals surface area contributed by atoms with Crippen LogP contribution in [0.4, 0.5) is 5.82 Å². The van der Waals surface area contributed by atoms with Gasteiger partial charge < -0.3 is 11.1 Å². The smallest absolute Gasteiger partial charge is 0.267 e. The zero-order valence-corrected chi connectivity index (χ0v) is 23.1. The lowest BCUT2D eigenvalue weighted by Gasteiger charge is -2.32. The van der Waals surface area contributed by atoms with Crippen molar-refractivity contribution in [3.8, 4) is 6.07 Å². The van der Waals surface area contributed by atoms with E-state index in [4.69, 9.17) is 16.0 Å². The monoisotopic (exact) mass is 557 g/mol. The predicted octanol–water partition coefficient (Wildman–Crippen LogP) is 4.24. The fourth-order valence-electron chi connectivity index (χ4n) is 4.96. The number of likely N-dealkylation sites (tertiary alicyclic amines) is 1. The van der Waals surface area contributed by atoms with Crippen LogP contribution in [0, 0.1) is 11.3 Å². The maximum Gasteiger partial charge on any atom is 0.267 e. The number of allylic oxidation sites excluding steroid dienone is 1. The van der Waals surface area contributed by atoms with Crippen LogP contribution in [0.2, 0.25) is 0 Å². The summed E-state index contributed by atoms with van der Waals surface area (Å²) >= 11 is 0. The first-order valence-electron chi connectivity index (χ1n) is 13.7. The number of nitrogens with zero attached hydrogens (tertiary/aromatic N) is 7. The Morgan fingerprint density at radius 3 is 2.50 bits per heavy atom. The third kappa shape index (κ3) is 7.08. The Morgan fingerprint density at radius 2 is 1.81 bits per heavy atom. The highest BCUT2D eigenvalue weighted by atomic mass is 16.1. The molecule has 0 saturated carbocycles. The lowest BCUT2D eigenvalue weighted by Crippen LogP contribution is -2.38. The summed E-state index contributed by atoms with van der Waals surface area (Å²) in [4.78, 5) is 35.7. The summed E-state index contributed by atoms with van der Waals surface area (Å²) in [6.45, 7) is 6.56. The SMILES string of the molecule is C=N/C(=C(\N=C1C=C(C(N)=O)N=CC1)c1ccc(CN2CCC(Nc3ccnc(C#N)n3)CC2)cc1)c1ccccc1. The van der Waals surface area contributed by atoms with Crippen LogP contribution in [0.15, 0.2) is 93.6 Å². The minimum atomic E-state index is -0.597. The van der Waals surface area contributed by atoms with E-state index in [1.54, 1.807) is 24.6 Å². The molecule has 2 aromatic carbocycles. The van der Waals surface area contributed by atoms with Gasteiger partial charge in [0.05, 0.1) is 11.4 Å². The average molecular weight is 558 g/mol. The second-order valence-corrected chi connectivity index (χ2v) is 10.0. The van der Waals surface area contributed by atoms with Gasteiger partial charge >= 0.3 is 0 Å². The van der Waals surface area contributed by atoms with Crippen molar-refractivity contribution < 1.29 is 4.79 Å². The lowest BCUT2D eigenvalue weighted by molar-refractivity contribution is -0.114. The van der Waals surface area contributed by atoms with Crippen molar-refractivity contribution in [1.29, 1.82) is 5.26 Å². The molecule has 0 bridgehead atoms. The van der Waals surface area contributed by atoms with E-state index in [1.807, 2.05) is 36.4 Å². The fourth-order valence-corrected chi connectivity index (χ4v) is 4.96. The number of aromatic nitrogens is 2. The highest BCUT2D eigenvalue weighted by Crippen LogP contribution is 2.30. The van der Waals surface area contributed by atoms with Gasteiger partial charge in [0.25, 0.3) is 5.91 Å². The number of rotatable bonds is 9. The third-order valence-electron chi connectivity index (χ3n) is 7.10. The van der Waals surface area contributed by atoms with Crippen molar-refractivity contribution in [2.75, 3.05) is 18.4 Å². The molecule has 3 heterocycles. The number of nitrogens with two attached hydrogens (primary N) is 1. The second kappa shape index (κ2) is 13.4. The second-order valence-electron chi connectivity index (χ2n) is 10.0. The van der Waals surface area contributed by atoms with Crippen molar-refractivity contribution in [2.45, 2.75) is 31.8 Å². The Morgan fingerprint density at radius 1 is 1.07 bits per heavy atom. The molecule has 0 radical (unpaired) electrons. The quantitative estimate of drug-likeness (QED) is 0.297. The van der Waals surface area contributed by atoms with Gasteiger partial charge in [-0.05, 0) is 37.3 Å². The van der Waals surface area contributed by atoms with Crippen molar-refractivity contribution >= 4 is 41.8 Å². The van der Waals surface area contributed by atoms with Crippen LogP contribution in [0.1, 0.15) is 41.8 Å². The van der Waals surface area contributed by atoms with Crippen molar-refractivity contribution in [2.24, 2.45) is 20.7 Å². The van der Waals surface area contributed by atoms with E-state index in [9.17, 15) is 4.79 Å². The van der Waals surface area contributed by atoms with Crippen LogP contribution >= 0.6 is 0 Å². The molecule has 1 saturated heterocycles. The van der Waals surface area contributed by atoms with Gasteiger partial charge in [-0.1, -0.05) is 54.6 Å². The summed E-state index contributed by atoms with van der Waals surface area (Å²) < 4.78 is 0. The van der Waals surface area contributed by atoms with E-state index >= 15 is 0 Å². The normalized spacial score (nSPS) is 17.2. The largest absolute Gasteiger partial charge is 0.367 e. The number of anilines is 1. The first-order valence-corrected chi connectivity index (χ1v) is 13.7. The minimum Gasteiger partial charge on any atom is -0.367 e. The van der Waals surface area contributed by atoms with E-state index in [2.05, 4.69) is 61.2 Å². The Labute approximate surface area is 244 Å². The lowest BCUT2D eigenvalue weighted by atomic mass is 10.0. The van der Waals surface area contributed by atoms with Crippen molar-refractivity contribution in [3.63, 3.8) is 0 Å². The number of primary amides is 1. The van der Waals surface area contributed by atoms with Gasteiger partial charge in [-0.15, -0.1) is 0 Å². The van der Waals surface area contributed by atoms with Crippen LogP contribution in [0.3, 0.4) is 0 Å². The molecule has 0 unspecified atom stereocenters. The van der Waals surface area contributed by atoms with Crippen LogP contribution < -0.4 is 11.1 Å². The Kier molecular flexibility index (Phi) is 9.01. The number of benzene rings is 2. The predicted molar refractivity (Wildman–Crippen MR) is 166 cm³/mol. The molecule has 1 fully saturated rings. The topological polar surface area (TPSA) is 145 Å². The first-order chi connectivity index (χ1) is 20.5. The molecular weight excluding hydrogens is 526 g/mol. The van der Waals surface area contributed by atoms with E-state index in [0.717, 1.165) is 43.6 Å². The van der Waals surface area contributed by atoms with E-state index in [-0.39, 0.29) is 11.5 Å². The number of nitrogens with one attached hydrogen (secondary N) is 1. The molecule has 10 heteroatoms. The summed E-state index contributed by atoms with van der Waals surface area (Å²) in [5.41, 5.74) is 10.6. The molecule has 3 N–H and O–H groups in total. The van der Waals surface area contributed by atoms with Gasteiger partial charge in [0.15, 0.2) is 0 Å². The van der Waals surface area contributed by atoms with Gasteiger partial charge in [-0.25, -0.2) is 9.97 Å². The number of carbonyl (C=O) groups is 1. The van der Waals surface area contributed by atoms with Crippen molar-refractivity contribution in [3.05, 3.63) is 101 Å². The Bertz CT molecular complexity index is 1610. The van der Waals surface area contributed by atoms with Gasteiger partial charge in [0.2, 0.25) is 5.82 Å². The fraction of sp³-hybridized carbons (Fsp3) is 0.219. The summed E-state index contributed by atoms with van der Waals surface area (Å²) in [7, 11) is 0. The van der Waals surface area contributed by atoms with E-state index in [1.165, 1.54) is 5.56 Å². The molecule has 10 nitrogen and oxygen atoms in total. The third-order valence-corrected chi connectivity index (χ3v) is 7.10. The van der Waals surface area contributed by atoms with E-state index in [0.29, 0.717) is 35.4 Å². The highest BCUT2D eigenvalue weighted by molar-refractivity contribution is 6.13. The standard InChI is InChI=1S/C32H31N9O/c1-35-30(23-5-3-2-4-6-23)31(39-26-11-15-36-27(19-26)32(34)42)24-9-7-22(8-10-24)21-41-17-13-25(14-18-41)38-28-12-16-37-29(20-33)40-28/h2-10,12,15-16,19,25H,1,11,13-14,17-18,21H2,(H2,34,42)(H,37,38,40)/b31-30-,39-26?. The number of piperidine rings is 1. The summed E-state index contributed by atoms with van der Waals surface area (Å²) in [5.74, 6) is 0.263. The molecule has 210 valence electrons. The van der Waals surface area contributed by atoms with Gasteiger partial charge in [0.1, 0.15) is 17.6 Å². The van der Waals surface area contributed by atoms with Gasteiger partial charge in [0, 0.05) is 61.3 Å². The zero-order chi connectivity index (χ0) is 29.3. The number of amides is 1. The van der Waals surface area contributed by atoms with Crippen LogP contribution in [-0.2, 0) is 11.3 Å². The van der Waals surface area contributed by atoms with Crippen LogP contribution in [0.25, 0.3) is 11.4 Å². The maximum absolute atomic E-state index is 11.7. The molecule has 42 heavy (non-hydrogen) atoms. The average Bonchev–Trinajstić information content (AvgIpc) is 3.03. The van der Waals surface area contributed by atoms with Gasteiger partial charge in [-0.3, -0.25) is 24.7 Å². The number of nitriles is 1. The number of aliphatic imine (C=N–C) groups is 3. The van der Waals surface area contributed by atoms with Crippen LogP contribution in [-0.4, -0.2) is 58.6 Å². The first kappa shape index (κ1) is 28.3. The summed E-state index contributed by atoms with van der Waals surface area (Å²) in [5, 5.41) is 12.5. The molecule has 2 aliphatic heterocycles. The molecule has 5 rings (SSSR count). The molecule has 2 aliphatic rings. The zero-order valence-electron chi connectivity index (χ0n) is 23.1. The number of hydrogen-bond donors (Lipinski definition) is 2. The molecule has 3 aromatic rings. The highest BCUT2D eigenvalue weighted by Gasteiger charge is 2.20. The molecule has 0 aliphatic carbocycles. The summed E-state index contributed by atoms with van der Waals surface area (Å²) in [6, 6.07) is 22.2. The molecule has 0 atom stereocenters. The van der Waals surface area contributed by atoms with Gasteiger partial charge in [-0.2, -0.15) is 5.26 Å². The molecule has 1 aromatic heterocycles. The summed E-state index contributed by atoms with van der Waals surface area (Å²) in [6.07, 6.45) is 7.28. The van der Waals surface area contributed by atoms with E-state index < -0.39 is 5.91 Å². The Balaban J connectivity index is 1.31. The number of carbonyl (C=O) groups excluding carboxylic acids is 1. The minimum absolute atomic E-state index is 0.171. The molecule has 0 spiro atoms. The molecule has 1 amide bonds. The van der Waals surface area contributed by atoms with Crippen LogP contribution in [0.5, 0.6) is 0 Å². The molecular formula is C32H31N9O. The van der Waals surface area contributed by atoms with Crippen molar-refractivity contribution in [1.82, 2.24) is 14.9 Å². The maximum atomic E-state index is 11.7. The Hall–Kier alpha value is -5.27.